The van der Waals surface area contributed by atoms with Crippen molar-refractivity contribution in [2.24, 2.45) is 0 Å². The fourth-order valence-electron chi connectivity index (χ4n) is 2.07. The van der Waals surface area contributed by atoms with Crippen LogP contribution < -0.4 is 11.4 Å². The van der Waals surface area contributed by atoms with E-state index in [0.29, 0.717) is 16.4 Å². The monoisotopic (exact) mass is 375 g/mol. The molecule has 1 aromatic heterocycles. The summed E-state index contributed by atoms with van der Waals surface area (Å²) in [7, 11) is 0. The smallest absolute Gasteiger partial charge is 0.268 e. The van der Waals surface area contributed by atoms with E-state index >= 15 is 0 Å². The van der Waals surface area contributed by atoms with Gasteiger partial charge < -0.3 is 0 Å². The summed E-state index contributed by atoms with van der Waals surface area (Å²) in [6, 6.07) is 0.553. The summed E-state index contributed by atoms with van der Waals surface area (Å²) in [5.41, 5.74) is -3.89. The van der Waals surface area contributed by atoms with Crippen molar-refractivity contribution in [2.75, 3.05) is 5.75 Å². The zero-order valence-electron chi connectivity index (χ0n) is 16.1. The van der Waals surface area contributed by atoms with Crippen LogP contribution in [0.15, 0.2) is 26.9 Å². The summed E-state index contributed by atoms with van der Waals surface area (Å²) < 4.78 is 58.8. The Morgan fingerprint density at radius 2 is 1.76 bits per heavy atom. The second-order valence-corrected chi connectivity index (χ2v) is 7.32. The third kappa shape index (κ3) is 3.97. The molecule has 25 heavy (non-hydrogen) atoms. The van der Waals surface area contributed by atoms with Crippen LogP contribution in [-0.4, -0.2) is 19.9 Å². The van der Waals surface area contributed by atoms with E-state index in [1.54, 1.807) is 27.7 Å². The first-order valence-corrected chi connectivity index (χ1v) is 8.35. The minimum absolute atomic E-state index is 0.202. The van der Waals surface area contributed by atoms with Gasteiger partial charge in [0.05, 0.1) is 9.24 Å². The Morgan fingerprint density at radius 3 is 2.32 bits per heavy atom. The van der Waals surface area contributed by atoms with Crippen molar-refractivity contribution in [1.29, 1.82) is 0 Å². The highest BCUT2D eigenvalue weighted by Crippen LogP contribution is 2.18. The molecule has 0 aliphatic heterocycles. The topological polar surface area (TPSA) is 56.9 Å². The van der Waals surface area contributed by atoms with E-state index in [1.807, 2.05) is 0 Å². The average Bonchev–Trinajstić information content (AvgIpc) is 2.48. The van der Waals surface area contributed by atoms with E-state index in [2.05, 4.69) is 4.98 Å². The molecule has 0 atom stereocenters. The van der Waals surface area contributed by atoms with Crippen LogP contribution in [0.1, 0.15) is 36.0 Å². The molecule has 0 aliphatic rings. The molecule has 2 aromatic rings. The van der Waals surface area contributed by atoms with Crippen molar-refractivity contribution in [1.82, 2.24) is 14.1 Å². The van der Waals surface area contributed by atoms with Crippen LogP contribution in [0.25, 0.3) is 0 Å². The molecule has 2 rings (SSSR count). The molecule has 0 N–H and O–H groups in total. The van der Waals surface area contributed by atoms with Gasteiger partial charge in [-0.3, -0.25) is 4.57 Å². The van der Waals surface area contributed by atoms with Crippen LogP contribution in [-0.2, 0) is 12.0 Å². The minimum atomic E-state index is -2.93. The molecule has 0 amide bonds. The number of thioether (sulfide) groups is 1. The summed E-state index contributed by atoms with van der Waals surface area (Å²) >= 11 is 0.893. The zero-order valence-corrected chi connectivity index (χ0v) is 14.9. The first-order chi connectivity index (χ1) is 12.3. The number of rotatable bonds is 4. The third-order valence-electron chi connectivity index (χ3n) is 3.14. The van der Waals surface area contributed by atoms with Crippen molar-refractivity contribution in [3.63, 3.8) is 0 Å². The maximum Gasteiger partial charge on any atom is 0.354 e. The second kappa shape index (κ2) is 7.07. The van der Waals surface area contributed by atoms with Gasteiger partial charge in [0.25, 0.3) is 0 Å². The fraction of sp³-hybridized carbons (Fsp3) is 0.438. The van der Waals surface area contributed by atoms with Crippen molar-refractivity contribution in [3.05, 3.63) is 56.1 Å². The molecular formula is C16H18F3N3O2S. The molecule has 0 bridgehead atoms. The zero-order chi connectivity index (χ0) is 20.7. The molecule has 1 heterocycles. The Hall–Kier alpha value is -2.03. The molecule has 0 unspecified atom stereocenters. The van der Waals surface area contributed by atoms with Gasteiger partial charge in [-0.25, -0.2) is 27.3 Å². The van der Waals surface area contributed by atoms with Gasteiger partial charge in [-0.1, -0.05) is 18.7 Å². The van der Waals surface area contributed by atoms with Gasteiger partial charge in [-0.05, 0) is 32.6 Å². The SMILES string of the molecule is [2H]C([2H])(c1cc(F)c(F)cc1F)n1c(SCC)nc(=O)n(C(C)(C)C)c1=O. The summed E-state index contributed by atoms with van der Waals surface area (Å²) in [6.07, 6.45) is 0. The highest BCUT2D eigenvalue weighted by atomic mass is 32.2. The van der Waals surface area contributed by atoms with E-state index in [0.717, 1.165) is 16.3 Å². The molecule has 0 fully saturated rings. The number of hydrogen-bond acceptors (Lipinski definition) is 4. The van der Waals surface area contributed by atoms with Crippen LogP contribution in [0.2, 0.25) is 0 Å². The number of aromatic nitrogens is 3. The van der Waals surface area contributed by atoms with Crippen LogP contribution in [0.3, 0.4) is 0 Å². The number of halogens is 3. The quantitative estimate of drug-likeness (QED) is 0.609. The van der Waals surface area contributed by atoms with E-state index in [4.69, 9.17) is 2.74 Å². The predicted octanol–water partition coefficient (Wildman–Crippen LogP) is 2.74. The number of benzene rings is 1. The van der Waals surface area contributed by atoms with Gasteiger partial charge in [0.15, 0.2) is 16.8 Å². The Bertz CT molecular complexity index is 1000. The van der Waals surface area contributed by atoms with E-state index < -0.39 is 46.4 Å². The molecular weight excluding hydrogens is 355 g/mol. The third-order valence-corrected chi connectivity index (χ3v) is 3.96. The number of hydrogen-bond donors (Lipinski definition) is 0. The van der Waals surface area contributed by atoms with Crippen molar-refractivity contribution in [2.45, 2.75) is 44.9 Å². The van der Waals surface area contributed by atoms with Crippen LogP contribution >= 0.6 is 11.8 Å². The molecule has 0 aliphatic carbocycles. The minimum Gasteiger partial charge on any atom is -0.268 e. The first kappa shape index (κ1) is 16.4. The normalized spacial score (nSPS) is 13.6. The molecule has 136 valence electrons. The van der Waals surface area contributed by atoms with Gasteiger partial charge >= 0.3 is 11.4 Å². The summed E-state index contributed by atoms with van der Waals surface area (Å²) in [5.74, 6) is -3.99. The summed E-state index contributed by atoms with van der Waals surface area (Å²) in [6.45, 7) is 3.39. The molecule has 0 spiro atoms. The Kier molecular flexibility index (Phi) is 4.65. The van der Waals surface area contributed by atoms with Crippen molar-refractivity contribution >= 4 is 11.8 Å². The van der Waals surface area contributed by atoms with E-state index in [-0.39, 0.29) is 11.2 Å². The highest BCUT2D eigenvalue weighted by molar-refractivity contribution is 7.99. The Morgan fingerprint density at radius 1 is 1.16 bits per heavy atom. The van der Waals surface area contributed by atoms with Gasteiger partial charge in [-0.2, -0.15) is 4.98 Å². The number of nitrogens with zero attached hydrogens (tertiary/aromatic N) is 3. The second-order valence-electron chi connectivity index (χ2n) is 6.09. The molecule has 9 heteroatoms. The molecule has 0 saturated heterocycles. The van der Waals surface area contributed by atoms with Crippen LogP contribution in [0.5, 0.6) is 0 Å². The van der Waals surface area contributed by atoms with Crippen LogP contribution in [0, 0.1) is 17.5 Å². The van der Waals surface area contributed by atoms with Crippen molar-refractivity contribution < 1.29 is 15.9 Å². The van der Waals surface area contributed by atoms with Gasteiger partial charge in [0, 0.05) is 17.2 Å². The predicted molar refractivity (Wildman–Crippen MR) is 89.6 cm³/mol. The summed E-state index contributed by atoms with van der Waals surface area (Å²) in [5, 5.41) is -0.290. The Labute approximate surface area is 149 Å². The van der Waals surface area contributed by atoms with Gasteiger partial charge in [0.2, 0.25) is 0 Å². The standard InChI is InChI=1S/C16H18F3N3O2S/c1-5-25-14-20-13(23)22(16(2,3)4)15(24)21(14)8-9-6-11(18)12(19)7-10(9)17/h6-7H,5,8H2,1-4H3/i8D2. The van der Waals surface area contributed by atoms with E-state index in [1.165, 1.54) is 0 Å². The highest BCUT2D eigenvalue weighted by Gasteiger charge is 2.23. The molecule has 0 radical (unpaired) electrons. The lowest BCUT2D eigenvalue weighted by Gasteiger charge is -2.23. The molecule has 0 saturated carbocycles. The van der Waals surface area contributed by atoms with E-state index in [9.17, 15) is 22.8 Å². The lowest BCUT2D eigenvalue weighted by atomic mass is 10.1. The van der Waals surface area contributed by atoms with Gasteiger partial charge in [0.1, 0.15) is 5.82 Å². The lowest BCUT2D eigenvalue weighted by Crippen LogP contribution is -2.49. The maximum atomic E-state index is 14.2. The molecule has 5 nitrogen and oxygen atoms in total. The summed E-state index contributed by atoms with van der Waals surface area (Å²) in [4.78, 5) is 29.0. The maximum absolute atomic E-state index is 14.2. The van der Waals surface area contributed by atoms with Crippen LogP contribution in [0.4, 0.5) is 13.2 Å². The first-order valence-electron chi connectivity index (χ1n) is 8.37. The van der Waals surface area contributed by atoms with Gasteiger partial charge in [-0.15, -0.1) is 0 Å². The van der Waals surface area contributed by atoms with Crippen molar-refractivity contribution in [3.8, 4) is 0 Å². The lowest BCUT2D eigenvalue weighted by molar-refractivity contribution is 0.335. The Balaban J connectivity index is 2.93. The molecule has 1 aromatic carbocycles. The largest absolute Gasteiger partial charge is 0.354 e. The fourth-order valence-corrected chi connectivity index (χ4v) is 2.72. The average molecular weight is 375 g/mol.